The first kappa shape index (κ1) is 15.9. The largest absolute Gasteiger partial charge is 0.360 e. The Balaban J connectivity index is 2.45. The van der Waals surface area contributed by atoms with Crippen molar-refractivity contribution in [3.63, 3.8) is 0 Å². The van der Waals surface area contributed by atoms with Gasteiger partial charge in [-0.3, -0.25) is 10.1 Å². The molecule has 0 aliphatic heterocycles. The number of rotatable bonds is 4. The molecule has 0 atom stereocenters. The highest BCUT2D eigenvalue weighted by molar-refractivity contribution is 6.32. The smallest absolute Gasteiger partial charge is 0.353 e. The molecule has 2 aromatic heterocycles. The minimum absolute atomic E-state index is 0.0432. The van der Waals surface area contributed by atoms with Crippen LogP contribution < -0.4 is 10.6 Å². The third-order valence-electron chi connectivity index (χ3n) is 2.51. The van der Waals surface area contributed by atoms with Crippen LogP contribution in [0.4, 0.5) is 23.0 Å². The minimum atomic E-state index is -0.541. The van der Waals surface area contributed by atoms with E-state index in [9.17, 15) is 10.1 Å². The van der Waals surface area contributed by atoms with Crippen LogP contribution in [0.5, 0.6) is 0 Å². The van der Waals surface area contributed by atoms with Crippen LogP contribution in [0.2, 0.25) is 5.15 Å². The predicted octanol–water partition coefficient (Wildman–Crippen LogP) is 3.39. The molecule has 8 nitrogen and oxygen atoms in total. The molecule has 9 heteroatoms. The number of halogens is 1. The molecule has 22 heavy (non-hydrogen) atoms. The fraction of sp³-hybridized carbons (Fsp3) is 0.308. The van der Waals surface area contributed by atoms with E-state index in [1.165, 1.54) is 12.5 Å². The lowest BCUT2D eigenvalue weighted by atomic mass is 10.1. The van der Waals surface area contributed by atoms with Crippen molar-refractivity contribution in [1.82, 2.24) is 15.0 Å². The molecule has 0 saturated carbocycles. The first-order chi connectivity index (χ1) is 10.3. The van der Waals surface area contributed by atoms with E-state index in [2.05, 4.69) is 25.6 Å². The summed E-state index contributed by atoms with van der Waals surface area (Å²) in [5, 5.41) is 17.4. The van der Waals surface area contributed by atoms with Gasteiger partial charge < -0.3 is 10.6 Å². The number of nitrogens with one attached hydrogen (secondary N) is 2. The number of hydrogen-bond acceptors (Lipinski definition) is 7. The second kappa shape index (κ2) is 6.10. The van der Waals surface area contributed by atoms with E-state index in [-0.39, 0.29) is 28.0 Å². The molecule has 0 fully saturated rings. The van der Waals surface area contributed by atoms with Gasteiger partial charge in [0.2, 0.25) is 11.6 Å². The highest BCUT2D eigenvalue weighted by Crippen LogP contribution is 2.33. The molecule has 116 valence electrons. The number of anilines is 3. The van der Waals surface area contributed by atoms with Crippen LogP contribution in [0.3, 0.4) is 0 Å². The summed E-state index contributed by atoms with van der Waals surface area (Å²) in [5.41, 5.74) is -0.215. The van der Waals surface area contributed by atoms with Gasteiger partial charge in [-0.25, -0.2) is 15.0 Å². The van der Waals surface area contributed by atoms with E-state index in [0.29, 0.717) is 5.69 Å². The topological polar surface area (TPSA) is 106 Å². The van der Waals surface area contributed by atoms with Crippen molar-refractivity contribution >= 4 is 34.6 Å². The van der Waals surface area contributed by atoms with Crippen molar-refractivity contribution in [3.8, 4) is 0 Å². The van der Waals surface area contributed by atoms with Crippen molar-refractivity contribution in [2.24, 2.45) is 0 Å². The highest BCUT2D eigenvalue weighted by atomic mass is 35.5. The summed E-state index contributed by atoms with van der Waals surface area (Å²) in [6, 6.07) is 3.31. The molecule has 2 rings (SSSR count). The maximum atomic E-state index is 11.4. The average molecular weight is 323 g/mol. The molecule has 0 saturated heterocycles. The number of nitro groups is 1. The van der Waals surface area contributed by atoms with E-state index in [0.717, 1.165) is 0 Å². The first-order valence-electron chi connectivity index (χ1n) is 6.43. The SMILES string of the molecule is CC(C)(C)Nc1ncnc(Nc2cccnc2Cl)c1[N+](=O)[O-]. The monoisotopic (exact) mass is 322 g/mol. The Kier molecular flexibility index (Phi) is 4.41. The Bertz CT molecular complexity index is 701. The standard InChI is InChI=1S/C13H15ClN6O2/c1-13(2,3)19-12-9(20(21)22)11(16-7-17-12)18-8-5-4-6-15-10(8)14/h4-7H,1-3H3,(H2,16,17,18,19). The summed E-state index contributed by atoms with van der Waals surface area (Å²) in [5.74, 6) is 0.177. The Morgan fingerprint density at radius 1 is 1.23 bits per heavy atom. The fourth-order valence-corrected chi connectivity index (χ4v) is 1.86. The fourth-order valence-electron chi connectivity index (χ4n) is 1.70. The van der Waals surface area contributed by atoms with Crippen molar-refractivity contribution in [1.29, 1.82) is 0 Å². The molecular weight excluding hydrogens is 308 g/mol. The second-order valence-electron chi connectivity index (χ2n) is 5.52. The maximum Gasteiger partial charge on any atom is 0.353 e. The molecule has 0 spiro atoms. The summed E-state index contributed by atoms with van der Waals surface area (Å²) in [7, 11) is 0. The molecule has 0 radical (unpaired) electrons. The number of pyridine rings is 1. The van der Waals surface area contributed by atoms with Crippen LogP contribution >= 0.6 is 11.6 Å². The summed E-state index contributed by atoms with van der Waals surface area (Å²) in [4.78, 5) is 22.7. The zero-order valence-electron chi connectivity index (χ0n) is 12.3. The molecule has 2 heterocycles. The summed E-state index contributed by atoms with van der Waals surface area (Å²) >= 11 is 5.95. The lowest BCUT2D eigenvalue weighted by Gasteiger charge is -2.21. The molecule has 2 aromatic rings. The average Bonchev–Trinajstić information content (AvgIpc) is 2.39. The maximum absolute atomic E-state index is 11.4. The molecule has 0 aromatic carbocycles. The van der Waals surface area contributed by atoms with Crippen molar-refractivity contribution in [2.45, 2.75) is 26.3 Å². The van der Waals surface area contributed by atoms with E-state index in [4.69, 9.17) is 11.6 Å². The zero-order valence-corrected chi connectivity index (χ0v) is 13.0. The van der Waals surface area contributed by atoms with E-state index in [1.807, 2.05) is 20.8 Å². The minimum Gasteiger partial charge on any atom is -0.360 e. The lowest BCUT2D eigenvalue weighted by Crippen LogP contribution is -2.27. The van der Waals surface area contributed by atoms with Crippen LogP contribution in [0.25, 0.3) is 0 Å². The van der Waals surface area contributed by atoms with Crippen molar-refractivity contribution in [3.05, 3.63) is 39.9 Å². The second-order valence-corrected chi connectivity index (χ2v) is 5.88. The third-order valence-corrected chi connectivity index (χ3v) is 2.81. The van der Waals surface area contributed by atoms with E-state index in [1.54, 1.807) is 12.1 Å². The number of aromatic nitrogens is 3. The van der Waals surface area contributed by atoms with Gasteiger partial charge in [0.15, 0.2) is 5.15 Å². The van der Waals surface area contributed by atoms with Gasteiger partial charge in [0, 0.05) is 11.7 Å². The molecule has 2 N–H and O–H groups in total. The Morgan fingerprint density at radius 3 is 2.50 bits per heavy atom. The quantitative estimate of drug-likeness (QED) is 0.505. The number of nitrogens with zero attached hydrogens (tertiary/aromatic N) is 4. The molecule has 0 aliphatic rings. The Morgan fingerprint density at radius 2 is 1.91 bits per heavy atom. The van der Waals surface area contributed by atoms with Gasteiger partial charge in [0.1, 0.15) is 6.33 Å². The normalized spacial score (nSPS) is 11.1. The van der Waals surface area contributed by atoms with Gasteiger partial charge in [-0.2, -0.15) is 0 Å². The van der Waals surface area contributed by atoms with Gasteiger partial charge in [0.05, 0.1) is 10.6 Å². The number of hydrogen-bond donors (Lipinski definition) is 2. The Hall–Kier alpha value is -2.48. The van der Waals surface area contributed by atoms with Gasteiger partial charge in [-0.05, 0) is 32.9 Å². The van der Waals surface area contributed by atoms with Crippen LogP contribution in [-0.2, 0) is 0 Å². The van der Waals surface area contributed by atoms with Gasteiger partial charge in [0.25, 0.3) is 0 Å². The highest BCUT2D eigenvalue weighted by Gasteiger charge is 2.26. The van der Waals surface area contributed by atoms with E-state index < -0.39 is 4.92 Å². The molecular formula is C13H15ClN6O2. The Labute approximate surface area is 132 Å². The van der Waals surface area contributed by atoms with Crippen LogP contribution in [0, 0.1) is 10.1 Å². The summed E-state index contributed by atoms with van der Waals surface area (Å²) in [6.45, 7) is 5.64. The molecule has 0 unspecified atom stereocenters. The molecule has 0 amide bonds. The van der Waals surface area contributed by atoms with Gasteiger partial charge in [-0.15, -0.1) is 0 Å². The molecule has 0 bridgehead atoms. The van der Waals surface area contributed by atoms with Crippen LogP contribution in [0.1, 0.15) is 20.8 Å². The third kappa shape index (κ3) is 3.79. The lowest BCUT2D eigenvalue weighted by molar-refractivity contribution is -0.383. The van der Waals surface area contributed by atoms with Crippen LogP contribution in [-0.4, -0.2) is 25.4 Å². The van der Waals surface area contributed by atoms with Gasteiger partial charge in [-0.1, -0.05) is 11.6 Å². The van der Waals surface area contributed by atoms with Crippen molar-refractivity contribution in [2.75, 3.05) is 10.6 Å². The van der Waals surface area contributed by atoms with Gasteiger partial charge >= 0.3 is 5.69 Å². The zero-order chi connectivity index (χ0) is 16.3. The summed E-state index contributed by atoms with van der Waals surface area (Å²) in [6.07, 6.45) is 2.77. The van der Waals surface area contributed by atoms with Crippen LogP contribution in [0.15, 0.2) is 24.7 Å². The first-order valence-corrected chi connectivity index (χ1v) is 6.81. The summed E-state index contributed by atoms with van der Waals surface area (Å²) < 4.78 is 0. The predicted molar refractivity (Wildman–Crippen MR) is 84.6 cm³/mol. The molecule has 0 aliphatic carbocycles. The van der Waals surface area contributed by atoms with E-state index >= 15 is 0 Å². The van der Waals surface area contributed by atoms with Crippen molar-refractivity contribution < 1.29 is 4.92 Å².